The first-order valence-electron chi connectivity index (χ1n) is 10.8. The van der Waals surface area contributed by atoms with Crippen LogP contribution in [0.3, 0.4) is 0 Å². The molecule has 160 valence electrons. The SMILES string of the molecule is Cc1ccc(CCC(=O)N2CCN(CC(=O)Nc3c(C)cccc3C)CC2)c(C)c1. The number of piperazine rings is 1. The van der Waals surface area contributed by atoms with E-state index < -0.39 is 0 Å². The summed E-state index contributed by atoms with van der Waals surface area (Å²) in [5.41, 5.74) is 6.80. The zero-order valence-electron chi connectivity index (χ0n) is 18.6. The molecular weight excluding hydrogens is 374 g/mol. The molecule has 30 heavy (non-hydrogen) atoms. The summed E-state index contributed by atoms with van der Waals surface area (Å²) in [5.74, 6) is 0.205. The number of carbonyl (C=O) groups excluding carboxylic acids is 2. The highest BCUT2D eigenvalue weighted by molar-refractivity contribution is 5.93. The molecule has 1 N–H and O–H groups in total. The Morgan fingerprint density at radius 2 is 1.57 bits per heavy atom. The van der Waals surface area contributed by atoms with Crippen LogP contribution in [0.2, 0.25) is 0 Å². The maximum absolute atomic E-state index is 12.6. The van der Waals surface area contributed by atoms with E-state index in [1.807, 2.05) is 36.9 Å². The predicted molar refractivity (Wildman–Crippen MR) is 122 cm³/mol. The molecule has 0 aromatic heterocycles. The van der Waals surface area contributed by atoms with Crippen LogP contribution < -0.4 is 5.32 Å². The average Bonchev–Trinajstić information content (AvgIpc) is 2.70. The van der Waals surface area contributed by atoms with Crippen molar-refractivity contribution in [1.82, 2.24) is 9.80 Å². The molecule has 0 atom stereocenters. The second-order valence-corrected chi connectivity index (χ2v) is 8.40. The van der Waals surface area contributed by atoms with Gasteiger partial charge in [-0.2, -0.15) is 0 Å². The molecule has 1 heterocycles. The molecule has 0 bridgehead atoms. The Morgan fingerprint density at radius 1 is 0.900 bits per heavy atom. The highest BCUT2D eigenvalue weighted by Gasteiger charge is 2.22. The summed E-state index contributed by atoms with van der Waals surface area (Å²) in [7, 11) is 0. The van der Waals surface area contributed by atoms with Crippen molar-refractivity contribution >= 4 is 17.5 Å². The van der Waals surface area contributed by atoms with E-state index in [4.69, 9.17) is 0 Å². The van der Waals surface area contributed by atoms with Crippen LogP contribution >= 0.6 is 0 Å². The first-order chi connectivity index (χ1) is 14.3. The molecule has 0 aliphatic carbocycles. The van der Waals surface area contributed by atoms with Gasteiger partial charge >= 0.3 is 0 Å². The van der Waals surface area contributed by atoms with Crippen molar-refractivity contribution < 1.29 is 9.59 Å². The minimum absolute atomic E-state index is 0.00187. The summed E-state index contributed by atoms with van der Waals surface area (Å²) in [5, 5.41) is 3.05. The van der Waals surface area contributed by atoms with Crippen LogP contribution in [0.15, 0.2) is 36.4 Å². The van der Waals surface area contributed by atoms with Crippen molar-refractivity contribution in [2.45, 2.75) is 40.5 Å². The fraction of sp³-hybridized carbons (Fsp3) is 0.440. The Kier molecular flexibility index (Phi) is 7.27. The number of para-hydroxylation sites is 1. The van der Waals surface area contributed by atoms with Gasteiger partial charge in [-0.25, -0.2) is 0 Å². The van der Waals surface area contributed by atoms with Gasteiger partial charge in [-0.1, -0.05) is 42.0 Å². The van der Waals surface area contributed by atoms with Gasteiger partial charge in [-0.3, -0.25) is 14.5 Å². The Hall–Kier alpha value is -2.66. The molecule has 0 unspecified atom stereocenters. The van der Waals surface area contributed by atoms with E-state index >= 15 is 0 Å². The van der Waals surface area contributed by atoms with E-state index in [0.717, 1.165) is 36.3 Å². The Labute approximate surface area is 180 Å². The van der Waals surface area contributed by atoms with E-state index in [1.54, 1.807) is 0 Å². The minimum Gasteiger partial charge on any atom is -0.340 e. The molecule has 2 aromatic rings. The molecule has 0 saturated carbocycles. The fourth-order valence-corrected chi connectivity index (χ4v) is 4.08. The average molecular weight is 408 g/mol. The van der Waals surface area contributed by atoms with Gasteiger partial charge in [0.25, 0.3) is 0 Å². The van der Waals surface area contributed by atoms with Crippen molar-refractivity contribution in [3.05, 3.63) is 64.2 Å². The number of hydrogen-bond donors (Lipinski definition) is 1. The summed E-state index contributed by atoms with van der Waals surface area (Å²) in [4.78, 5) is 29.2. The van der Waals surface area contributed by atoms with E-state index in [9.17, 15) is 9.59 Å². The molecule has 5 nitrogen and oxygen atoms in total. The molecule has 1 aliphatic rings. The van der Waals surface area contributed by atoms with Crippen LogP contribution in [0.4, 0.5) is 5.69 Å². The molecule has 2 aromatic carbocycles. The van der Waals surface area contributed by atoms with Gasteiger partial charge < -0.3 is 10.2 Å². The first kappa shape index (κ1) is 22.0. The van der Waals surface area contributed by atoms with Crippen LogP contribution in [-0.2, 0) is 16.0 Å². The Bertz CT molecular complexity index is 894. The Balaban J connectivity index is 1.44. The third-order valence-corrected chi connectivity index (χ3v) is 5.94. The van der Waals surface area contributed by atoms with E-state index in [1.165, 1.54) is 16.7 Å². The van der Waals surface area contributed by atoms with Crippen molar-refractivity contribution in [2.24, 2.45) is 0 Å². The fourth-order valence-electron chi connectivity index (χ4n) is 4.08. The van der Waals surface area contributed by atoms with Gasteiger partial charge in [0.1, 0.15) is 0 Å². The van der Waals surface area contributed by atoms with Crippen LogP contribution in [0.25, 0.3) is 0 Å². The number of amides is 2. The standard InChI is InChI=1S/C25H33N3O2/c1-18-8-9-22(21(4)16-18)10-11-24(30)28-14-12-27(13-15-28)17-23(29)26-25-19(2)6-5-7-20(25)3/h5-9,16H,10-15,17H2,1-4H3,(H,26,29). The number of carbonyl (C=O) groups is 2. The van der Waals surface area contributed by atoms with Crippen molar-refractivity contribution in [2.75, 3.05) is 38.0 Å². The molecule has 1 fully saturated rings. The van der Waals surface area contributed by atoms with Gasteiger partial charge in [-0.05, 0) is 56.4 Å². The van der Waals surface area contributed by atoms with Gasteiger partial charge in [-0.15, -0.1) is 0 Å². The van der Waals surface area contributed by atoms with Crippen molar-refractivity contribution in [3.63, 3.8) is 0 Å². The normalized spacial score (nSPS) is 14.6. The lowest BCUT2D eigenvalue weighted by Crippen LogP contribution is -2.50. The van der Waals surface area contributed by atoms with Gasteiger partial charge in [0.2, 0.25) is 11.8 Å². The smallest absolute Gasteiger partial charge is 0.238 e. The number of hydrogen-bond acceptors (Lipinski definition) is 3. The van der Waals surface area contributed by atoms with E-state index in [0.29, 0.717) is 26.1 Å². The van der Waals surface area contributed by atoms with E-state index in [2.05, 4.69) is 42.3 Å². The lowest BCUT2D eigenvalue weighted by molar-refractivity contribution is -0.133. The third kappa shape index (κ3) is 5.70. The quantitative estimate of drug-likeness (QED) is 0.796. The minimum atomic E-state index is 0.00187. The molecular formula is C25H33N3O2. The second-order valence-electron chi connectivity index (χ2n) is 8.40. The second kappa shape index (κ2) is 9.90. The zero-order chi connectivity index (χ0) is 21.7. The summed E-state index contributed by atoms with van der Waals surface area (Å²) >= 11 is 0. The monoisotopic (exact) mass is 407 g/mol. The number of nitrogens with zero attached hydrogens (tertiary/aromatic N) is 2. The van der Waals surface area contributed by atoms with Crippen molar-refractivity contribution in [3.8, 4) is 0 Å². The number of nitrogens with one attached hydrogen (secondary N) is 1. The first-order valence-corrected chi connectivity index (χ1v) is 10.8. The zero-order valence-corrected chi connectivity index (χ0v) is 18.6. The summed E-state index contributed by atoms with van der Waals surface area (Å²) in [6, 6.07) is 12.4. The molecule has 0 radical (unpaired) electrons. The molecule has 2 amide bonds. The third-order valence-electron chi connectivity index (χ3n) is 5.94. The lowest BCUT2D eigenvalue weighted by Gasteiger charge is -2.34. The maximum atomic E-state index is 12.6. The number of anilines is 1. The molecule has 3 rings (SSSR count). The topological polar surface area (TPSA) is 52.7 Å². The number of aryl methyl sites for hydroxylation is 5. The molecule has 5 heteroatoms. The number of rotatable bonds is 6. The van der Waals surface area contributed by atoms with Crippen LogP contribution in [0.1, 0.15) is 34.2 Å². The Morgan fingerprint density at radius 3 is 2.20 bits per heavy atom. The molecule has 1 aliphatic heterocycles. The van der Waals surface area contributed by atoms with Crippen LogP contribution in [0, 0.1) is 27.7 Å². The van der Waals surface area contributed by atoms with Crippen LogP contribution in [0.5, 0.6) is 0 Å². The van der Waals surface area contributed by atoms with Gasteiger partial charge in [0.05, 0.1) is 6.54 Å². The summed E-state index contributed by atoms with van der Waals surface area (Å²) < 4.78 is 0. The van der Waals surface area contributed by atoms with E-state index in [-0.39, 0.29) is 11.8 Å². The summed E-state index contributed by atoms with van der Waals surface area (Å²) in [6.07, 6.45) is 1.32. The van der Waals surface area contributed by atoms with Crippen molar-refractivity contribution in [1.29, 1.82) is 0 Å². The highest BCUT2D eigenvalue weighted by atomic mass is 16.2. The highest BCUT2D eigenvalue weighted by Crippen LogP contribution is 2.19. The molecule has 1 saturated heterocycles. The lowest BCUT2D eigenvalue weighted by atomic mass is 10.0. The van der Waals surface area contributed by atoms with Gasteiger partial charge in [0, 0.05) is 38.3 Å². The predicted octanol–water partition coefficient (Wildman–Crippen LogP) is 3.64. The van der Waals surface area contributed by atoms with Gasteiger partial charge in [0.15, 0.2) is 0 Å². The summed E-state index contributed by atoms with van der Waals surface area (Å²) in [6.45, 7) is 11.4. The van der Waals surface area contributed by atoms with Crippen LogP contribution in [-0.4, -0.2) is 54.3 Å². The molecule has 0 spiro atoms. The largest absolute Gasteiger partial charge is 0.340 e. The number of benzene rings is 2. The maximum Gasteiger partial charge on any atom is 0.238 e.